The molecule has 2 aromatic rings. The molecule has 0 spiro atoms. The van der Waals surface area contributed by atoms with Crippen LogP contribution in [-0.2, 0) is 4.74 Å². The number of rotatable bonds is 4. The normalized spacial score (nSPS) is 10.4. The molecule has 1 aromatic carbocycles. The van der Waals surface area contributed by atoms with Crippen molar-refractivity contribution in [2.24, 2.45) is 0 Å². The van der Waals surface area contributed by atoms with E-state index in [1.165, 1.54) is 26.4 Å². The molecule has 0 aliphatic carbocycles. The number of esters is 1. The molecular weight excluding hydrogens is 339 g/mol. The Balaban J connectivity index is 2.74. The second-order valence-corrected chi connectivity index (χ2v) is 5.37. The van der Waals surface area contributed by atoms with E-state index in [0.717, 1.165) is 0 Å². The summed E-state index contributed by atoms with van der Waals surface area (Å²) in [6, 6.07) is 2.82. The van der Waals surface area contributed by atoms with Crippen LogP contribution in [0.3, 0.4) is 0 Å². The Morgan fingerprint density at radius 3 is 2.50 bits per heavy atom. The number of halogens is 2. The molecule has 7 nitrogen and oxygen atoms in total. The standard InChI is InChI=1S/C15H16ClFN4O3/c1-21(2)11-10(15(22)24-4)19-14(20-13(11)18)7-5-6-8(16)12(23-3)9(7)17/h5-6H,1-4H3,(H2,18,19,20). The summed E-state index contributed by atoms with van der Waals surface area (Å²) in [5.41, 5.74) is 6.13. The Kier molecular flexibility index (Phi) is 5.08. The second-order valence-electron chi connectivity index (χ2n) is 4.96. The van der Waals surface area contributed by atoms with E-state index in [1.807, 2.05) is 0 Å². The Morgan fingerprint density at radius 1 is 1.29 bits per heavy atom. The van der Waals surface area contributed by atoms with Crippen LogP contribution in [0.2, 0.25) is 5.02 Å². The maximum atomic E-state index is 14.6. The van der Waals surface area contributed by atoms with E-state index in [4.69, 9.17) is 26.8 Å². The Labute approximate surface area is 143 Å². The lowest BCUT2D eigenvalue weighted by molar-refractivity contribution is 0.0595. The quantitative estimate of drug-likeness (QED) is 0.843. The fourth-order valence-electron chi connectivity index (χ4n) is 2.16. The highest BCUT2D eigenvalue weighted by molar-refractivity contribution is 6.32. The number of ether oxygens (including phenoxy) is 2. The van der Waals surface area contributed by atoms with Crippen molar-refractivity contribution < 1.29 is 18.7 Å². The predicted molar refractivity (Wildman–Crippen MR) is 89.1 cm³/mol. The van der Waals surface area contributed by atoms with Gasteiger partial charge >= 0.3 is 5.97 Å². The number of nitrogens with zero attached hydrogens (tertiary/aromatic N) is 3. The van der Waals surface area contributed by atoms with Gasteiger partial charge in [0.15, 0.2) is 28.9 Å². The number of hydrogen-bond donors (Lipinski definition) is 1. The van der Waals surface area contributed by atoms with E-state index in [-0.39, 0.29) is 39.4 Å². The summed E-state index contributed by atoms with van der Waals surface area (Å²) in [7, 11) is 5.85. The first kappa shape index (κ1) is 17.7. The van der Waals surface area contributed by atoms with Crippen molar-refractivity contribution in [1.29, 1.82) is 0 Å². The number of nitrogens with two attached hydrogens (primary N) is 1. The van der Waals surface area contributed by atoms with Crippen LogP contribution >= 0.6 is 11.6 Å². The first-order valence-electron chi connectivity index (χ1n) is 6.77. The summed E-state index contributed by atoms with van der Waals surface area (Å²) in [6.45, 7) is 0. The summed E-state index contributed by atoms with van der Waals surface area (Å²) in [5, 5.41) is 0.102. The van der Waals surface area contributed by atoms with Crippen LogP contribution in [0, 0.1) is 5.82 Å². The summed E-state index contributed by atoms with van der Waals surface area (Å²) < 4.78 is 24.2. The minimum Gasteiger partial charge on any atom is -0.492 e. The topological polar surface area (TPSA) is 90.6 Å². The van der Waals surface area contributed by atoms with Crippen LogP contribution in [0.4, 0.5) is 15.9 Å². The van der Waals surface area contributed by atoms with Crippen molar-refractivity contribution >= 4 is 29.1 Å². The Morgan fingerprint density at radius 2 is 1.96 bits per heavy atom. The third-order valence-corrected chi connectivity index (χ3v) is 3.53. The molecule has 0 bridgehead atoms. The maximum Gasteiger partial charge on any atom is 0.359 e. The molecule has 0 radical (unpaired) electrons. The zero-order valence-electron chi connectivity index (χ0n) is 13.6. The number of carbonyl (C=O) groups is 1. The van der Waals surface area contributed by atoms with Crippen LogP contribution in [0.1, 0.15) is 10.5 Å². The first-order chi connectivity index (χ1) is 11.3. The lowest BCUT2D eigenvalue weighted by Gasteiger charge is -2.18. The van der Waals surface area contributed by atoms with Crippen molar-refractivity contribution in [3.63, 3.8) is 0 Å². The Hall–Kier alpha value is -2.61. The predicted octanol–water partition coefficient (Wildman–Crippen LogP) is 2.38. The molecule has 24 heavy (non-hydrogen) atoms. The van der Waals surface area contributed by atoms with Gasteiger partial charge in [-0.1, -0.05) is 11.6 Å². The number of aromatic nitrogens is 2. The molecule has 0 aliphatic rings. The molecule has 0 unspecified atom stereocenters. The van der Waals surface area contributed by atoms with Crippen LogP contribution in [0.5, 0.6) is 5.75 Å². The van der Waals surface area contributed by atoms with E-state index < -0.39 is 11.8 Å². The molecule has 2 N–H and O–H groups in total. The highest BCUT2D eigenvalue weighted by atomic mass is 35.5. The molecule has 128 valence electrons. The zero-order chi connectivity index (χ0) is 18.0. The van der Waals surface area contributed by atoms with Crippen molar-refractivity contribution in [2.75, 3.05) is 38.9 Å². The van der Waals surface area contributed by atoms with Crippen LogP contribution < -0.4 is 15.4 Å². The van der Waals surface area contributed by atoms with Gasteiger partial charge in [0, 0.05) is 14.1 Å². The lowest BCUT2D eigenvalue weighted by atomic mass is 10.1. The highest BCUT2D eigenvalue weighted by Gasteiger charge is 2.24. The van der Waals surface area contributed by atoms with Gasteiger partial charge in [-0.25, -0.2) is 19.2 Å². The molecule has 0 aliphatic heterocycles. The molecule has 0 amide bonds. The molecule has 0 saturated carbocycles. The van der Waals surface area contributed by atoms with Gasteiger partial charge in [0.05, 0.1) is 24.8 Å². The van der Waals surface area contributed by atoms with Crippen molar-refractivity contribution in [3.05, 3.63) is 28.7 Å². The number of nitrogen functional groups attached to an aromatic ring is 1. The van der Waals surface area contributed by atoms with Gasteiger partial charge in [0.1, 0.15) is 5.69 Å². The van der Waals surface area contributed by atoms with Gasteiger partial charge in [-0.05, 0) is 12.1 Å². The molecule has 1 heterocycles. The fraction of sp³-hybridized carbons (Fsp3) is 0.267. The minimum atomic E-state index is -0.752. The monoisotopic (exact) mass is 354 g/mol. The summed E-state index contributed by atoms with van der Waals surface area (Å²) in [6.07, 6.45) is 0. The molecule has 9 heteroatoms. The Bertz CT molecular complexity index is 799. The number of methoxy groups -OCH3 is 2. The van der Waals surface area contributed by atoms with Gasteiger partial charge < -0.3 is 20.1 Å². The summed E-state index contributed by atoms with van der Waals surface area (Å²) in [5.74, 6) is -1.68. The highest BCUT2D eigenvalue weighted by Crippen LogP contribution is 2.35. The maximum absolute atomic E-state index is 14.6. The molecule has 0 fully saturated rings. The average Bonchev–Trinajstić information content (AvgIpc) is 2.53. The van der Waals surface area contributed by atoms with Crippen LogP contribution in [0.15, 0.2) is 12.1 Å². The average molecular weight is 355 g/mol. The third-order valence-electron chi connectivity index (χ3n) is 3.23. The molecule has 0 saturated heterocycles. The number of hydrogen-bond acceptors (Lipinski definition) is 7. The zero-order valence-corrected chi connectivity index (χ0v) is 14.3. The SMILES string of the molecule is COC(=O)c1nc(-c2ccc(Cl)c(OC)c2F)nc(N)c1N(C)C. The summed E-state index contributed by atoms with van der Waals surface area (Å²) in [4.78, 5) is 21.8. The lowest BCUT2D eigenvalue weighted by Crippen LogP contribution is -2.20. The molecule has 2 rings (SSSR count). The molecule has 1 aromatic heterocycles. The smallest absolute Gasteiger partial charge is 0.359 e. The van der Waals surface area contributed by atoms with Crippen molar-refractivity contribution in [3.8, 4) is 17.1 Å². The van der Waals surface area contributed by atoms with E-state index in [9.17, 15) is 9.18 Å². The van der Waals surface area contributed by atoms with Gasteiger partial charge in [-0.2, -0.15) is 0 Å². The van der Waals surface area contributed by atoms with E-state index in [0.29, 0.717) is 0 Å². The van der Waals surface area contributed by atoms with E-state index in [1.54, 1.807) is 19.0 Å². The summed E-state index contributed by atoms with van der Waals surface area (Å²) >= 11 is 5.88. The minimum absolute atomic E-state index is 0.00147. The van der Waals surface area contributed by atoms with Crippen LogP contribution in [-0.4, -0.2) is 44.3 Å². The number of anilines is 2. The first-order valence-corrected chi connectivity index (χ1v) is 7.15. The third kappa shape index (κ3) is 3.05. The largest absolute Gasteiger partial charge is 0.492 e. The van der Waals surface area contributed by atoms with Crippen LogP contribution in [0.25, 0.3) is 11.4 Å². The van der Waals surface area contributed by atoms with E-state index >= 15 is 0 Å². The molecule has 0 atom stereocenters. The second kappa shape index (κ2) is 6.88. The number of benzene rings is 1. The van der Waals surface area contributed by atoms with Gasteiger partial charge in [0.25, 0.3) is 0 Å². The van der Waals surface area contributed by atoms with Gasteiger partial charge in [-0.15, -0.1) is 0 Å². The van der Waals surface area contributed by atoms with Gasteiger partial charge in [0.2, 0.25) is 0 Å². The van der Waals surface area contributed by atoms with Gasteiger partial charge in [-0.3, -0.25) is 0 Å². The fourth-order valence-corrected chi connectivity index (χ4v) is 2.39. The molecular formula is C15H16ClFN4O3. The van der Waals surface area contributed by atoms with Crippen molar-refractivity contribution in [2.45, 2.75) is 0 Å². The van der Waals surface area contributed by atoms with Crippen molar-refractivity contribution in [1.82, 2.24) is 9.97 Å². The van der Waals surface area contributed by atoms with E-state index in [2.05, 4.69) is 9.97 Å². The number of carbonyl (C=O) groups excluding carboxylic acids is 1.